The Labute approximate surface area is 121 Å². The maximum atomic E-state index is 10.9. The second-order valence-electron chi connectivity index (χ2n) is 4.65. The number of ether oxygens (including phenoxy) is 1. The van der Waals surface area contributed by atoms with E-state index in [0.29, 0.717) is 30.3 Å². The summed E-state index contributed by atoms with van der Waals surface area (Å²) in [6.45, 7) is 4.24. The highest BCUT2D eigenvalue weighted by Gasteiger charge is 2.11. The molecule has 8 heteroatoms. The smallest absolute Gasteiger partial charge is 0.275 e. The third kappa shape index (κ3) is 4.44. The Hall–Kier alpha value is -2.64. The molecule has 1 aromatic carbocycles. The number of hydrogen-bond donors (Lipinski definition) is 1. The Kier molecular flexibility index (Phi) is 4.70. The van der Waals surface area contributed by atoms with Crippen molar-refractivity contribution in [2.75, 3.05) is 11.9 Å². The first kappa shape index (κ1) is 14.8. The molecule has 0 aliphatic rings. The summed E-state index contributed by atoms with van der Waals surface area (Å²) in [4.78, 5) is 14.4. The summed E-state index contributed by atoms with van der Waals surface area (Å²) in [7, 11) is 0. The van der Waals surface area contributed by atoms with E-state index < -0.39 is 4.92 Å². The third-order valence-corrected chi connectivity index (χ3v) is 2.55. The molecule has 8 nitrogen and oxygen atoms in total. The van der Waals surface area contributed by atoms with Crippen molar-refractivity contribution in [2.45, 2.75) is 26.4 Å². The highest BCUT2D eigenvalue weighted by molar-refractivity contribution is 5.56. The van der Waals surface area contributed by atoms with Crippen LogP contribution in [-0.2, 0) is 6.42 Å². The summed E-state index contributed by atoms with van der Waals surface area (Å²) in [6.07, 6.45) is 1.80. The monoisotopic (exact) mass is 292 g/mol. The predicted octanol–water partition coefficient (Wildman–Crippen LogP) is 2.42. The first-order valence-electron chi connectivity index (χ1n) is 6.50. The number of nitrogens with zero attached hydrogens (tertiary/aromatic N) is 3. The van der Waals surface area contributed by atoms with Crippen LogP contribution in [0.5, 0.6) is 5.75 Å². The van der Waals surface area contributed by atoms with Gasteiger partial charge in [0.15, 0.2) is 6.33 Å². The maximum Gasteiger partial charge on any atom is 0.275 e. The van der Waals surface area contributed by atoms with E-state index in [0.717, 1.165) is 0 Å². The number of benzene rings is 1. The SMILES string of the molecule is CC(C)Oc1cc(NCCc2ncno2)cc([N+](=O)[O-])c1. The molecule has 2 rings (SSSR count). The lowest BCUT2D eigenvalue weighted by Gasteiger charge is -2.12. The summed E-state index contributed by atoms with van der Waals surface area (Å²) in [5, 5.41) is 17.5. The lowest BCUT2D eigenvalue weighted by Crippen LogP contribution is -2.08. The second-order valence-corrected chi connectivity index (χ2v) is 4.65. The Morgan fingerprint density at radius 1 is 1.43 bits per heavy atom. The Morgan fingerprint density at radius 2 is 2.24 bits per heavy atom. The van der Waals surface area contributed by atoms with Crippen molar-refractivity contribution in [3.05, 3.63) is 40.5 Å². The molecule has 1 aromatic heterocycles. The van der Waals surface area contributed by atoms with Crippen LogP contribution in [0.2, 0.25) is 0 Å². The average molecular weight is 292 g/mol. The fourth-order valence-corrected chi connectivity index (χ4v) is 1.75. The van der Waals surface area contributed by atoms with Gasteiger partial charge in [-0.15, -0.1) is 0 Å². The van der Waals surface area contributed by atoms with Crippen LogP contribution in [0.3, 0.4) is 0 Å². The van der Waals surface area contributed by atoms with Gasteiger partial charge >= 0.3 is 0 Å². The Balaban J connectivity index is 2.06. The maximum absolute atomic E-state index is 10.9. The zero-order valence-electron chi connectivity index (χ0n) is 11.8. The van der Waals surface area contributed by atoms with Crippen LogP contribution in [0.25, 0.3) is 0 Å². The molecule has 0 amide bonds. The minimum Gasteiger partial charge on any atom is -0.491 e. The fourth-order valence-electron chi connectivity index (χ4n) is 1.75. The zero-order valence-corrected chi connectivity index (χ0v) is 11.8. The molecule has 0 atom stereocenters. The molecule has 2 aromatic rings. The topological polar surface area (TPSA) is 103 Å². The lowest BCUT2D eigenvalue weighted by molar-refractivity contribution is -0.384. The summed E-state index contributed by atoms with van der Waals surface area (Å²) in [6, 6.07) is 4.59. The van der Waals surface area contributed by atoms with E-state index in [-0.39, 0.29) is 11.8 Å². The molecule has 0 saturated carbocycles. The molecule has 0 fully saturated rings. The standard InChI is InChI=1S/C13H16N4O4/c1-9(2)20-12-6-10(5-11(7-12)17(18)19)14-4-3-13-15-8-16-21-13/h5-9,14H,3-4H2,1-2H3. The fraction of sp³-hybridized carbons (Fsp3) is 0.385. The van der Waals surface area contributed by atoms with Crippen molar-refractivity contribution in [2.24, 2.45) is 0 Å². The third-order valence-electron chi connectivity index (χ3n) is 2.55. The summed E-state index contributed by atoms with van der Waals surface area (Å²) in [5.41, 5.74) is 0.591. The molecule has 0 radical (unpaired) electrons. The molecule has 1 N–H and O–H groups in total. The van der Waals surface area contributed by atoms with Crippen molar-refractivity contribution in [3.8, 4) is 5.75 Å². The van der Waals surface area contributed by atoms with Crippen molar-refractivity contribution in [1.29, 1.82) is 0 Å². The van der Waals surface area contributed by atoms with Crippen LogP contribution in [0.15, 0.2) is 29.0 Å². The molecule has 1 heterocycles. The Bertz CT molecular complexity index is 598. The van der Waals surface area contributed by atoms with Crippen LogP contribution in [0.4, 0.5) is 11.4 Å². The Morgan fingerprint density at radius 3 is 2.86 bits per heavy atom. The summed E-state index contributed by atoms with van der Waals surface area (Å²) in [5.74, 6) is 0.964. The van der Waals surface area contributed by atoms with E-state index in [1.807, 2.05) is 13.8 Å². The largest absolute Gasteiger partial charge is 0.491 e. The summed E-state index contributed by atoms with van der Waals surface area (Å²) >= 11 is 0. The van der Waals surface area contributed by atoms with Crippen molar-refractivity contribution in [1.82, 2.24) is 10.1 Å². The van der Waals surface area contributed by atoms with Gasteiger partial charge in [0.25, 0.3) is 5.69 Å². The molecular weight excluding hydrogens is 276 g/mol. The molecule has 112 valence electrons. The summed E-state index contributed by atoms with van der Waals surface area (Å²) < 4.78 is 10.4. The first-order valence-corrected chi connectivity index (χ1v) is 6.50. The van der Waals surface area contributed by atoms with Gasteiger partial charge in [0.2, 0.25) is 5.89 Å². The number of non-ortho nitro benzene ring substituents is 1. The minimum absolute atomic E-state index is 0.0200. The number of nitro groups is 1. The van der Waals surface area contributed by atoms with Gasteiger partial charge in [-0.05, 0) is 13.8 Å². The molecule has 0 aliphatic carbocycles. The van der Waals surface area contributed by atoms with Gasteiger partial charge in [0.1, 0.15) is 5.75 Å². The number of nitrogens with one attached hydrogen (secondary N) is 1. The number of anilines is 1. The van der Waals surface area contributed by atoms with Gasteiger partial charge in [0.05, 0.1) is 17.1 Å². The van der Waals surface area contributed by atoms with Gasteiger partial charge < -0.3 is 14.6 Å². The van der Waals surface area contributed by atoms with E-state index in [4.69, 9.17) is 9.26 Å². The first-order chi connectivity index (χ1) is 10.0. The van der Waals surface area contributed by atoms with Crippen molar-refractivity contribution in [3.63, 3.8) is 0 Å². The van der Waals surface area contributed by atoms with E-state index in [2.05, 4.69) is 15.5 Å². The van der Waals surface area contributed by atoms with Gasteiger partial charge in [-0.1, -0.05) is 5.16 Å². The molecule has 0 spiro atoms. The minimum atomic E-state index is -0.448. The van der Waals surface area contributed by atoms with E-state index in [1.165, 1.54) is 18.5 Å². The normalized spacial score (nSPS) is 10.6. The zero-order chi connectivity index (χ0) is 15.2. The lowest BCUT2D eigenvalue weighted by atomic mass is 10.2. The number of nitro benzene ring substituents is 1. The molecule has 0 saturated heterocycles. The van der Waals surface area contributed by atoms with Crippen LogP contribution >= 0.6 is 0 Å². The van der Waals surface area contributed by atoms with E-state index in [9.17, 15) is 10.1 Å². The molecule has 0 unspecified atom stereocenters. The quantitative estimate of drug-likeness (QED) is 0.617. The number of rotatable bonds is 7. The highest BCUT2D eigenvalue weighted by atomic mass is 16.6. The predicted molar refractivity (Wildman–Crippen MR) is 75.4 cm³/mol. The molecule has 0 bridgehead atoms. The number of aromatic nitrogens is 2. The molecule has 0 aliphatic heterocycles. The molecular formula is C13H16N4O4. The van der Waals surface area contributed by atoms with Crippen molar-refractivity contribution >= 4 is 11.4 Å². The van der Waals surface area contributed by atoms with E-state index >= 15 is 0 Å². The number of hydrogen-bond acceptors (Lipinski definition) is 7. The van der Waals surface area contributed by atoms with Crippen LogP contribution in [0, 0.1) is 10.1 Å². The van der Waals surface area contributed by atoms with Crippen molar-refractivity contribution < 1.29 is 14.2 Å². The van der Waals surface area contributed by atoms with Crippen LogP contribution < -0.4 is 10.1 Å². The second kappa shape index (κ2) is 6.69. The van der Waals surface area contributed by atoms with Gasteiger partial charge in [0, 0.05) is 30.8 Å². The van der Waals surface area contributed by atoms with Gasteiger partial charge in [-0.3, -0.25) is 10.1 Å². The van der Waals surface area contributed by atoms with Gasteiger partial charge in [-0.2, -0.15) is 4.98 Å². The van der Waals surface area contributed by atoms with Crippen LogP contribution in [-0.4, -0.2) is 27.7 Å². The van der Waals surface area contributed by atoms with E-state index in [1.54, 1.807) is 6.07 Å². The van der Waals surface area contributed by atoms with Gasteiger partial charge in [-0.25, -0.2) is 0 Å². The highest BCUT2D eigenvalue weighted by Crippen LogP contribution is 2.26. The van der Waals surface area contributed by atoms with Crippen LogP contribution in [0.1, 0.15) is 19.7 Å². The molecule has 21 heavy (non-hydrogen) atoms. The average Bonchev–Trinajstić information content (AvgIpc) is 2.90.